The predicted molar refractivity (Wildman–Crippen MR) is 110 cm³/mol. The number of aliphatic hydroxyl groups excluding tert-OH is 1. The molecule has 1 unspecified atom stereocenters. The Labute approximate surface area is 177 Å². The van der Waals surface area contributed by atoms with Crippen molar-refractivity contribution in [2.45, 2.75) is 18.7 Å². The number of hydrogen-bond acceptors (Lipinski definition) is 2. The zero-order valence-electron chi connectivity index (χ0n) is 15.9. The van der Waals surface area contributed by atoms with Crippen molar-refractivity contribution in [3.63, 3.8) is 0 Å². The van der Waals surface area contributed by atoms with E-state index in [4.69, 9.17) is 11.6 Å². The number of aliphatic hydroxyl groups is 1. The van der Waals surface area contributed by atoms with E-state index in [2.05, 4.69) is 5.32 Å². The second kappa shape index (κ2) is 9.60. The molecule has 0 aromatic heterocycles. The number of alkyl halides is 3. The van der Waals surface area contributed by atoms with Crippen molar-refractivity contribution < 1.29 is 22.7 Å². The van der Waals surface area contributed by atoms with Gasteiger partial charge in [-0.3, -0.25) is 0 Å². The Kier molecular flexibility index (Phi) is 7.13. The third-order valence-electron chi connectivity index (χ3n) is 4.76. The molecule has 2 nitrogen and oxygen atoms in total. The number of rotatable bonds is 7. The molecule has 2 N–H and O–H groups in total. The molecule has 0 saturated heterocycles. The smallest absolute Gasteiger partial charge is 0.387 e. The van der Waals surface area contributed by atoms with Gasteiger partial charge in [-0.15, -0.1) is 0 Å². The Bertz CT molecular complexity index is 989. The Morgan fingerprint density at radius 3 is 2.33 bits per heavy atom. The molecule has 0 saturated carbocycles. The van der Waals surface area contributed by atoms with E-state index in [1.54, 1.807) is 24.3 Å². The Morgan fingerprint density at radius 1 is 0.967 bits per heavy atom. The highest BCUT2D eigenvalue weighted by Crippen LogP contribution is 2.37. The summed E-state index contributed by atoms with van der Waals surface area (Å²) in [5.41, 5.74) is 0.424. The maximum absolute atomic E-state index is 14.5. The van der Waals surface area contributed by atoms with Gasteiger partial charge in [-0.1, -0.05) is 54.1 Å². The van der Waals surface area contributed by atoms with Crippen LogP contribution in [0.1, 0.15) is 22.8 Å². The van der Waals surface area contributed by atoms with Crippen LogP contribution in [0.15, 0.2) is 66.7 Å². The van der Waals surface area contributed by atoms with Gasteiger partial charge in [0.2, 0.25) is 0 Å². The summed E-state index contributed by atoms with van der Waals surface area (Å²) in [4.78, 5) is 0. The second-order valence-corrected chi connectivity index (χ2v) is 7.31. The van der Waals surface area contributed by atoms with Crippen LogP contribution >= 0.6 is 11.6 Å². The number of hydrogen-bond donors (Lipinski definition) is 2. The standard InChI is InChI=1S/C23H20ClF4NO/c24-18-9-7-16(8-10-18)22(30)14-29-12-11-15-5-6-17(13-21(15)25)19-3-1-2-4-20(19)23(26,27)28/h1-10,13,22,29-30H,11-12,14H2. The first-order valence-corrected chi connectivity index (χ1v) is 9.73. The third kappa shape index (κ3) is 5.59. The Balaban J connectivity index is 1.61. The topological polar surface area (TPSA) is 32.3 Å². The molecular formula is C23H20ClF4NO. The number of nitrogens with one attached hydrogen (secondary N) is 1. The van der Waals surface area contributed by atoms with E-state index < -0.39 is 23.7 Å². The monoisotopic (exact) mass is 437 g/mol. The van der Waals surface area contributed by atoms with Gasteiger partial charge in [0, 0.05) is 11.6 Å². The van der Waals surface area contributed by atoms with Crippen molar-refractivity contribution in [3.05, 3.63) is 94.3 Å². The van der Waals surface area contributed by atoms with Crippen LogP contribution in [0.4, 0.5) is 17.6 Å². The van der Waals surface area contributed by atoms with Gasteiger partial charge in [0.25, 0.3) is 0 Å². The SMILES string of the molecule is OC(CNCCc1ccc(-c2ccccc2C(F)(F)F)cc1F)c1ccc(Cl)cc1. The van der Waals surface area contributed by atoms with Gasteiger partial charge in [-0.05, 0) is 59.5 Å². The molecule has 3 rings (SSSR count). The van der Waals surface area contributed by atoms with E-state index in [1.165, 1.54) is 30.3 Å². The van der Waals surface area contributed by atoms with E-state index in [9.17, 15) is 22.7 Å². The largest absolute Gasteiger partial charge is 0.417 e. The molecule has 0 aliphatic rings. The molecule has 158 valence electrons. The van der Waals surface area contributed by atoms with Gasteiger partial charge < -0.3 is 10.4 Å². The third-order valence-corrected chi connectivity index (χ3v) is 5.01. The average Bonchev–Trinajstić information content (AvgIpc) is 2.72. The minimum atomic E-state index is -4.51. The molecule has 0 aliphatic heterocycles. The summed E-state index contributed by atoms with van der Waals surface area (Å²) in [6, 6.07) is 16.1. The highest BCUT2D eigenvalue weighted by atomic mass is 35.5. The molecule has 3 aromatic rings. The molecule has 0 spiro atoms. The quantitative estimate of drug-likeness (QED) is 0.349. The summed E-state index contributed by atoms with van der Waals surface area (Å²) in [6.45, 7) is 0.681. The summed E-state index contributed by atoms with van der Waals surface area (Å²) in [7, 11) is 0. The fourth-order valence-electron chi connectivity index (χ4n) is 3.16. The molecule has 3 aromatic carbocycles. The van der Waals surface area contributed by atoms with Crippen molar-refractivity contribution in [3.8, 4) is 11.1 Å². The van der Waals surface area contributed by atoms with Gasteiger partial charge in [0.05, 0.1) is 11.7 Å². The minimum absolute atomic E-state index is 0.0559. The molecule has 0 heterocycles. The predicted octanol–water partition coefficient (Wildman–Crippen LogP) is 6.03. The Morgan fingerprint density at radius 2 is 1.67 bits per heavy atom. The van der Waals surface area contributed by atoms with E-state index in [0.717, 1.165) is 12.1 Å². The van der Waals surface area contributed by atoms with Crippen molar-refractivity contribution in [2.24, 2.45) is 0 Å². The first-order valence-electron chi connectivity index (χ1n) is 9.35. The lowest BCUT2D eigenvalue weighted by atomic mass is 9.97. The summed E-state index contributed by atoms with van der Waals surface area (Å²) in [5.74, 6) is -0.565. The highest BCUT2D eigenvalue weighted by Gasteiger charge is 2.33. The summed E-state index contributed by atoms with van der Waals surface area (Å²) in [6.07, 6.45) is -4.91. The van der Waals surface area contributed by atoms with Crippen LogP contribution < -0.4 is 5.32 Å². The zero-order valence-corrected chi connectivity index (χ0v) is 16.6. The van der Waals surface area contributed by atoms with Crippen molar-refractivity contribution >= 4 is 11.6 Å². The molecule has 1 atom stereocenters. The van der Waals surface area contributed by atoms with Crippen molar-refractivity contribution in [1.82, 2.24) is 5.32 Å². The van der Waals surface area contributed by atoms with Crippen LogP contribution in [0.2, 0.25) is 5.02 Å². The first-order chi connectivity index (χ1) is 14.3. The average molecular weight is 438 g/mol. The van der Waals surface area contributed by atoms with Gasteiger partial charge in [0.1, 0.15) is 5.82 Å². The minimum Gasteiger partial charge on any atom is -0.387 e. The van der Waals surface area contributed by atoms with Crippen LogP contribution in [-0.2, 0) is 12.6 Å². The van der Waals surface area contributed by atoms with Crippen molar-refractivity contribution in [1.29, 1.82) is 0 Å². The van der Waals surface area contributed by atoms with E-state index in [1.807, 2.05) is 0 Å². The molecule has 0 bridgehead atoms. The van der Waals surface area contributed by atoms with Crippen LogP contribution in [0.5, 0.6) is 0 Å². The van der Waals surface area contributed by atoms with E-state index >= 15 is 0 Å². The molecule has 7 heteroatoms. The highest BCUT2D eigenvalue weighted by molar-refractivity contribution is 6.30. The lowest BCUT2D eigenvalue weighted by molar-refractivity contribution is -0.137. The molecule has 0 amide bonds. The maximum Gasteiger partial charge on any atom is 0.417 e. The van der Waals surface area contributed by atoms with Gasteiger partial charge >= 0.3 is 6.18 Å². The van der Waals surface area contributed by atoms with Crippen molar-refractivity contribution in [2.75, 3.05) is 13.1 Å². The summed E-state index contributed by atoms with van der Waals surface area (Å²) >= 11 is 5.82. The van der Waals surface area contributed by atoms with Crippen LogP contribution in [-0.4, -0.2) is 18.2 Å². The molecule has 0 radical (unpaired) electrons. The van der Waals surface area contributed by atoms with Crippen LogP contribution in [0.3, 0.4) is 0 Å². The van der Waals surface area contributed by atoms with Crippen LogP contribution in [0.25, 0.3) is 11.1 Å². The molecular weight excluding hydrogens is 418 g/mol. The number of benzene rings is 3. The van der Waals surface area contributed by atoms with E-state index in [-0.39, 0.29) is 17.7 Å². The van der Waals surface area contributed by atoms with Gasteiger partial charge in [-0.25, -0.2) is 4.39 Å². The normalized spacial score (nSPS) is 12.7. The fraction of sp³-hybridized carbons (Fsp3) is 0.217. The lowest BCUT2D eigenvalue weighted by Gasteiger charge is -2.14. The second-order valence-electron chi connectivity index (χ2n) is 6.87. The van der Waals surface area contributed by atoms with E-state index in [0.29, 0.717) is 29.1 Å². The molecule has 0 aliphatic carbocycles. The molecule has 0 fully saturated rings. The summed E-state index contributed by atoms with van der Waals surface area (Å²) < 4.78 is 54.1. The zero-order chi connectivity index (χ0) is 21.7. The first kappa shape index (κ1) is 22.3. The van der Waals surface area contributed by atoms with Gasteiger partial charge in [-0.2, -0.15) is 13.2 Å². The summed E-state index contributed by atoms with van der Waals surface area (Å²) in [5, 5.41) is 13.8. The number of halogens is 5. The maximum atomic E-state index is 14.5. The van der Waals surface area contributed by atoms with Crippen LogP contribution in [0, 0.1) is 5.82 Å². The lowest BCUT2D eigenvalue weighted by Crippen LogP contribution is -2.24. The Hall–Kier alpha value is -2.41. The molecule has 30 heavy (non-hydrogen) atoms. The fourth-order valence-corrected chi connectivity index (χ4v) is 3.29. The van der Waals surface area contributed by atoms with Gasteiger partial charge in [0.15, 0.2) is 0 Å².